The molecule has 0 bridgehead atoms. The van der Waals surface area contributed by atoms with E-state index in [1.165, 1.54) is 0 Å². The molecule has 7 nitrogen and oxygen atoms in total. The molecule has 2 heterocycles. The maximum atomic E-state index is 12.2. The summed E-state index contributed by atoms with van der Waals surface area (Å²) in [6.07, 6.45) is 0.516. The van der Waals surface area contributed by atoms with E-state index in [4.69, 9.17) is 9.26 Å². The normalized spacial score (nSPS) is 13.9. The van der Waals surface area contributed by atoms with E-state index in [9.17, 15) is 9.59 Å². The third-order valence-electron chi connectivity index (χ3n) is 3.21. The average Bonchev–Trinajstić information content (AvgIpc) is 3.05. The Balaban J connectivity index is 1.76. The average molecular weight is 287 g/mol. The molecule has 0 spiro atoms. The van der Waals surface area contributed by atoms with Gasteiger partial charge in [-0.3, -0.25) is 14.5 Å². The van der Waals surface area contributed by atoms with Gasteiger partial charge in [-0.05, 0) is 12.1 Å². The summed E-state index contributed by atoms with van der Waals surface area (Å²) in [5.74, 6) is 0.0403. The lowest BCUT2D eigenvalue weighted by Gasteiger charge is -2.09. The van der Waals surface area contributed by atoms with Gasteiger partial charge >= 0.3 is 0 Å². The fourth-order valence-electron chi connectivity index (χ4n) is 2.17. The van der Waals surface area contributed by atoms with Crippen molar-refractivity contribution in [3.63, 3.8) is 0 Å². The molecule has 2 amide bonds. The van der Waals surface area contributed by atoms with Crippen LogP contribution in [0.25, 0.3) is 0 Å². The van der Waals surface area contributed by atoms with Crippen molar-refractivity contribution in [2.24, 2.45) is 0 Å². The minimum absolute atomic E-state index is 0.0215. The minimum atomic E-state index is -0.341. The van der Waals surface area contributed by atoms with Crippen LogP contribution in [0.5, 0.6) is 0 Å². The van der Waals surface area contributed by atoms with Crippen LogP contribution in [0.15, 0.2) is 28.8 Å². The molecule has 0 N–H and O–H groups in total. The van der Waals surface area contributed by atoms with E-state index in [1.54, 1.807) is 31.4 Å². The zero-order chi connectivity index (χ0) is 14.8. The molecule has 0 saturated heterocycles. The SMILES string of the molecule is COCCc1noc(CN2C(=O)c3ccccc3C2=O)n1. The summed E-state index contributed by atoms with van der Waals surface area (Å²) < 4.78 is 9.98. The van der Waals surface area contributed by atoms with Crippen LogP contribution in [0, 0.1) is 0 Å². The molecular weight excluding hydrogens is 274 g/mol. The van der Waals surface area contributed by atoms with Crippen LogP contribution in [0.4, 0.5) is 0 Å². The van der Waals surface area contributed by atoms with E-state index >= 15 is 0 Å². The first-order chi connectivity index (χ1) is 10.2. The molecule has 1 aromatic carbocycles. The van der Waals surface area contributed by atoms with Gasteiger partial charge < -0.3 is 9.26 Å². The molecule has 1 aliphatic rings. The van der Waals surface area contributed by atoms with Crippen molar-refractivity contribution in [2.75, 3.05) is 13.7 Å². The van der Waals surface area contributed by atoms with E-state index < -0.39 is 0 Å². The molecule has 1 aliphatic heterocycles. The highest BCUT2D eigenvalue weighted by atomic mass is 16.5. The summed E-state index contributed by atoms with van der Waals surface area (Å²) in [6, 6.07) is 6.72. The monoisotopic (exact) mass is 287 g/mol. The van der Waals surface area contributed by atoms with Crippen LogP contribution < -0.4 is 0 Å². The van der Waals surface area contributed by atoms with Crippen molar-refractivity contribution in [2.45, 2.75) is 13.0 Å². The topological polar surface area (TPSA) is 85.5 Å². The Labute approximate surface area is 120 Å². The van der Waals surface area contributed by atoms with Gasteiger partial charge in [0.1, 0.15) is 6.54 Å². The highest BCUT2D eigenvalue weighted by Gasteiger charge is 2.36. The number of fused-ring (bicyclic) bond motifs is 1. The largest absolute Gasteiger partial charge is 0.384 e. The Morgan fingerprint density at radius 2 is 1.86 bits per heavy atom. The predicted octanol–water partition coefficient (Wildman–Crippen LogP) is 1.05. The number of nitrogens with zero attached hydrogens (tertiary/aromatic N) is 3. The van der Waals surface area contributed by atoms with E-state index in [0.717, 1.165) is 4.90 Å². The predicted molar refractivity (Wildman–Crippen MR) is 70.5 cm³/mol. The number of hydrogen-bond donors (Lipinski definition) is 0. The van der Waals surface area contributed by atoms with Gasteiger partial charge in [-0.2, -0.15) is 4.98 Å². The maximum Gasteiger partial charge on any atom is 0.262 e. The Kier molecular flexibility index (Phi) is 3.49. The summed E-state index contributed by atoms with van der Waals surface area (Å²) in [6.45, 7) is 0.457. The van der Waals surface area contributed by atoms with Crippen LogP contribution in [0.3, 0.4) is 0 Å². The van der Waals surface area contributed by atoms with Crippen LogP contribution >= 0.6 is 0 Å². The van der Waals surface area contributed by atoms with Crippen molar-refractivity contribution in [1.29, 1.82) is 0 Å². The van der Waals surface area contributed by atoms with Gasteiger partial charge in [-0.25, -0.2) is 0 Å². The van der Waals surface area contributed by atoms with Gasteiger partial charge in [0.2, 0.25) is 5.89 Å². The zero-order valence-corrected chi connectivity index (χ0v) is 11.4. The Hall–Kier alpha value is -2.54. The number of carbonyl (C=O) groups excluding carboxylic acids is 2. The fraction of sp³-hybridized carbons (Fsp3) is 0.286. The number of aromatic nitrogens is 2. The Morgan fingerprint density at radius 1 is 1.19 bits per heavy atom. The molecular formula is C14H13N3O4. The molecule has 2 aromatic rings. The van der Waals surface area contributed by atoms with Gasteiger partial charge in [0.05, 0.1) is 17.7 Å². The molecule has 0 unspecified atom stereocenters. The molecule has 3 rings (SSSR count). The Morgan fingerprint density at radius 3 is 2.48 bits per heavy atom. The quantitative estimate of drug-likeness (QED) is 0.764. The number of amides is 2. The zero-order valence-electron chi connectivity index (χ0n) is 11.4. The van der Waals surface area contributed by atoms with Crippen LogP contribution in [-0.2, 0) is 17.7 Å². The summed E-state index contributed by atoms with van der Waals surface area (Å²) in [5.41, 5.74) is 0.809. The van der Waals surface area contributed by atoms with Crippen molar-refractivity contribution < 1.29 is 18.8 Å². The summed E-state index contributed by atoms with van der Waals surface area (Å²) >= 11 is 0. The number of benzene rings is 1. The second-order valence-electron chi connectivity index (χ2n) is 4.59. The summed E-state index contributed by atoms with van der Waals surface area (Å²) in [5, 5.41) is 3.78. The minimum Gasteiger partial charge on any atom is -0.384 e. The number of hydrogen-bond acceptors (Lipinski definition) is 6. The molecule has 0 atom stereocenters. The highest BCUT2D eigenvalue weighted by molar-refractivity contribution is 6.21. The standard InChI is InChI=1S/C14H13N3O4/c1-20-7-6-11-15-12(21-16-11)8-17-13(18)9-4-2-3-5-10(9)14(17)19/h2-5H,6-8H2,1H3. The summed E-state index contributed by atoms with van der Waals surface area (Å²) in [4.78, 5) is 29.6. The van der Waals surface area contributed by atoms with Crippen molar-refractivity contribution >= 4 is 11.8 Å². The number of imide groups is 1. The van der Waals surface area contributed by atoms with Gasteiger partial charge in [0.25, 0.3) is 11.8 Å². The van der Waals surface area contributed by atoms with Crippen molar-refractivity contribution in [3.05, 3.63) is 47.1 Å². The van der Waals surface area contributed by atoms with Crippen molar-refractivity contribution in [1.82, 2.24) is 15.0 Å². The lowest BCUT2D eigenvalue weighted by atomic mass is 10.1. The first-order valence-electron chi connectivity index (χ1n) is 6.46. The van der Waals surface area contributed by atoms with Gasteiger partial charge in [0, 0.05) is 13.5 Å². The van der Waals surface area contributed by atoms with E-state index in [2.05, 4.69) is 10.1 Å². The van der Waals surface area contributed by atoms with E-state index in [1.807, 2.05) is 0 Å². The molecule has 0 fully saturated rings. The third-order valence-corrected chi connectivity index (χ3v) is 3.21. The highest BCUT2D eigenvalue weighted by Crippen LogP contribution is 2.23. The van der Waals surface area contributed by atoms with Crippen LogP contribution in [0.2, 0.25) is 0 Å². The number of ether oxygens (including phenoxy) is 1. The fourth-order valence-corrected chi connectivity index (χ4v) is 2.17. The van der Waals surface area contributed by atoms with Crippen LogP contribution in [0.1, 0.15) is 32.4 Å². The molecule has 7 heteroatoms. The number of methoxy groups -OCH3 is 1. The second-order valence-corrected chi connectivity index (χ2v) is 4.59. The van der Waals surface area contributed by atoms with E-state index in [-0.39, 0.29) is 24.2 Å². The molecule has 0 aliphatic carbocycles. The van der Waals surface area contributed by atoms with Gasteiger partial charge in [-0.1, -0.05) is 17.3 Å². The third kappa shape index (κ3) is 2.43. The molecule has 1 aromatic heterocycles. The first kappa shape index (κ1) is 13.4. The molecule has 0 saturated carbocycles. The van der Waals surface area contributed by atoms with E-state index in [0.29, 0.717) is 30.0 Å². The van der Waals surface area contributed by atoms with Gasteiger partial charge in [0.15, 0.2) is 5.82 Å². The number of rotatable bonds is 5. The molecule has 108 valence electrons. The molecule has 0 radical (unpaired) electrons. The lowest BCUT2D eigenvalue weighted by Crippen LogP contribution is -2.29. The summed E-state index contributed by atoms with van der Waals surface area (Å²) in [7, 11) is 1.58. The van der Waals surface area contributed by atoms with Crippen molar-refractivity contribution in [3.8, 4) is 0 Å². The smallest absolute Gasteiger partial charge is 0.262 e. The first-order valence-corrected chi connectivity index (χ1v) is 6.46. The number of carbonyl (C=O) groups is 2. The van der Waals surface area contributed by atoms with Crippen LogP contribution in [-0.4, -0.2) is 40.6 Å². The second kappa shape index (κ2) is 5.45. The Bertz CT molecular complexity index is 660. The molecule has 21 heavy (non-hydrogen) atoms. The lowest BCUT2D eigenvalue weighted by molar-refractivity contribution is 0.0625. The van der Waals surface area contributed by atoms with Gasteiger partial charge in [-0.15, -0.1) is 0 Å². The maximum absolute atomic E-state index is 12.2.